The van der Waals surface area contributed by atoms with E-state index in [9.17, 15) is 4.79 Å². The van der Waals surface area contributed by atoms with E-state index in [2.05, 4.69) is 31.7 Å². The smallest absolute Gasteiger partial charge is 0.275 e. The summed E-state index contributed by atoms with van der Waals surface area (Å²) in [6.07, 6.45) is 3.99. The highest BCUT2D eigenvalue weighted by molar-refractivity contribution is 7.12. The van der Waals surface area contributed by atoms with E-state index in [0.29, 0.717) is 16.9 Å². The van der Waals surface area contributed by atoms with Gasteiger partial charge in [-0.2, -0.15) is 5.10 Å². The molecule has 158 valence electrons. The highest BCUT2D eigenvalue weighted by Gasteiger charge is 2.21. The number of carbonyl (C=O) groups excluding carboxylic acids is 1. The molecular formula is C23H24N6OS. The van der Waals surface area contributed by atoms with Crippen LogP contribution in [0.25, 0.3) is 16.0 Å². The molecule has 4 aromatic rings. The normalized spacial score (nSPS) is 14.8. The largest absolute Gasteiger partial charge is 0.370 e. The molecule has 0 aliphatic carbocycles. The second-order valence-electron chi connectivity index (χ2n) is 7.65. The van der Waals surface area contributed by atoms with Crippen LogP contribution >= 0.6 is 11.3 Å². The number of para-hydroxylation sites is 3. The van der Waals surface area contributed by atoms with E-state index in [0.717, 1.165) is 48.2 Å². The number of aromatic nitrogens is 3. The van der Waals surface area contributed by atoms with Crippen LogP contribution in [0.3, 0.4) is 0 Å². The van der Waals surface area contributed by atoms with E-state index in [-0.39, 0.29) is 5.91 Å². The summed E-state index contributed by atoms with van der Waals surface area (Å²) < 4.78 is 1.77. The van der Waals surface area contributed by atoms with E-state index in [1.807, 2.05) is 55.7 Å². The molecule has 1 saturated heterocycles. The van der Waals surface area contributed by atoms with Crippen molar-refractivity contribution in [3.8, 4) is 5.13 Å². The van der Waals surface area contributed by atoms with Crippen molar-refractivity contribution < 1.29 is 4.79 Å². The van der Waals surface area contributed by atoms with Crippen molar-refractivity contribution in [3.05, 3.63) is 65.8 Å². The zero-order valence-electron chi connectivity index (χ0n) is 17.3. The molecule has 2 aromatic heterocycles. The first-order valence-corrected chi connectivity index (χ1v) is 11.3. The van der Waals surface area contributed by atoms with E-state index < -0.39 is 0 Å². The number of hydrogen-bond donors (Lipinski definition) is 2. The molecule has 0 unspecified atom stereocenters. The molecule has 2 aromatic carbocycles. The third-order valence-corrected chi connectivity index (χ3v) is 6.60. The maximum atomic E-state index is 13.0. The van der Waals surface area contributed by atoms with Crippen molar-refractivity contribution in [1.29, 1.82) is 0 Å². The molecular weight excluding hydrogens is 408 g/mol. The van der Waals surface area contributed by atoms with Gasteiger partial charge in [-0.1, -0.05) is 30.3 Å². The van der Waals surface area contributed by atoms with Crippen LogP contribution in [-0.4, -0.2) is 46.9 Å². The Morgan fingerprint density at radius 1 is 1.10 bits per heavy atom. The lowest BCUT2D eigenvalue weighted by Gasteiger charge is -2.34. The van der Waals surface area contributed by atoms with Crippen molar-refractivity contribution in [2.24, 2.45) is 0 Å². The van der Waals surface area contributed by atoms with Crippen LogP contribution < -0.4 is 15.5 Å². The van der Waals surface area contributed by atoms with Gasteiger partial charge in [-0.15, -0.1) is 11.3 Å². The average molecular weight is 433 g/mol. The van der Waals surface area contributed by atoms with Crippen LogP contribution in [-0.2, 0) is 0 Å². The molecule has 5 rings (SSSR count). The summed E-state index contributed by atoms with van der Waals surface area (Å²) in [5, 5.41) is 14.3. The quantitative estimate of drug-likeness (QED) is 0.500. The van der Waals surface area contributed by atoms with E-state index >= 15 is 0 Å². The summed E-state index contributed by atoms with van der Waals surface area (Å²) in [6, 6.07) is 16.5. The first-order chi connectivity index (χ1) is 15.2. The summed E-state index contributed by atoms with van der Waals surface area (Å²) in [5.41, 5.74) is 3.23. The summed E-state index contributed by atoms with van der Waals surface area (Å²) in [4.78, 5) is 19.9. The lowest BCUT2D eigenvalue weighted by molar-refractivity contribution is 0.102. The highest BCUT2D eigenvalue weighted by atomic mass is 32.1. The molecule has 7 nitrogen and oxygen atoms in total. The predicted molar refractivity (Wildman–Crippen MR) is 125 cm³/mol. The molecule has 0 radical (unpaired) electrons. The van der Waals surface area contributed by atoms with Crippen molar-refractivity contribution in [2.75, 3.05) is 30.4 Å². The van der Waals surface area contributed by atoms with Gasteiger partial charge in [0.1, 0.15) is 5.69 Å². The Bertz CT molecular complexity index is 1210. The number of hydrogen-bond acceptors (Lipinski definition) is 6. The van der Waals surface area contributed by atoms with Crippen LogP contribution in [0.4, 0.5) is 11.4 Å². The van der Waals surface area contributed by atoms with E-state index in [4.69, 9.17) is 0 Å². The van der Waals surface area contributed by atoms with Crippen molar-refractivity contribution in [3.63, 3.8) is 0 Å². The maximum absolute atomic E-state index is 13.0. The third-order valence-electron chi connectivity index (χ3n) is 5.78. The number of benzene rings is 2. The standard InChI is InChI=1S/C23H24N6OS/c1-24-17-10-12-28(13-11-17)21-9-5-3-7-18(21)26-22(30)19-15-31-23(27-19)29-20-8-4-2-6-16(20)14-25-29/h2-9,14-15,17,24H,10-13H2,1H3,(H,26,30). The summed E-state index contributed by atoms with van der Waals surface area (Å²) >= 11 is 1.41. The first kappa shape index (κ1) is 19.7. The SMILES string of the molecule is CNC1CCN(c2ccccc2NC(=O)c2csc(-n3ncc4ccccc43)n2)CC1. The minimum atomic E-state index is -0.212. The molecule has 1 amide bonds. The van der Waals surface area contributed by atoms with Gasteiger partial charge >= 0.3 is 0 Å². The molecule has 0 saturated carbocycles. The monoisotopic (exact) mass is 432 g/mol. The zero-order valence-corrected chi connectivity index (χ0v) is 18.1. The Kier molecular flexibility index (Phi) is 5.40. The Balaban J connectivity index is 1.35. The number of piperidine rings is 1. The summed E-state index contributed by atoms with van der Waals surface area (Å²) in [7, 11) is 2.02. The van der Waals surface area contributed by atoms with Gasteiger partial charge in [0.25, 0.3) is 5.91 Å². The van der Waals surface area contributed by atoms with Gasteiger partial charge < -0.3 is 15.5 Å². The fraction of sp³-hybridized carbons (Fsp3) is 0.261. The molecule has 8 heteroatoms. The van der Waals surface area contributed by atoms with Gasteiger partial charge in [-0.05, 0) is 38.1 Å². The summed E-state index contributed by atoms with van der Waals surface area (Å²) in [5.74, 6) is -0.212. The van der Waals surface area contributed by atoms with Gasteiger partial charge in [0.2, 0.25) is 5.13 Å². The number of thiazole rings is 1. The first-order valence-electron chi connectivity index (χ1n) is 10.4. The van der Waals surface area contributed by atoms with Crippen molar-refractivity contribution >= 4 is 39.5 Å². The fourth-order valence-corrected chi connectivity index (χ4v) is 4.81. The molecule has 1 fully saturated rings. The molecule has 2 N–H and O–H groups in total. The van der Waals surface area contributed by atoms with Gasteiger partial charge in [0.15, 0.2) is 0 Å². The van der Waals surface area contributed by atoms with Gasteiger partial charge in [-0.25, -0.2) is 9.67 Å². The second-order valence-corrected chi connectivity index (χ2v) is 8.49. The van der Waals surface area contributed by atoms with Gasteiger partial charge in [0.05, 0.1) is 23.1 Å². The minimum Gasteiger partial charge on any atom is -0.370 e. The number of rotatable bonds is 5. The summed E-state index contributed by atoms with van der Waals surface area (Å²) in [6.45, 7) is 1.93. The number of nitrogens with one attached hydrogen (secondary N) is 2. The van der Waals surface area contributed by atoms with E-state index in [1.165, 1.54) is 11.3 Å². The Hall–Kier alpha value is -3.23. The van der Waals surface area contributed by atoms with E-state index in [1.54, 1.807) is 10.1 Å². The van der Waals surface area contributed by atoms with Gasteiger partial charge in [-0.3, -0.25) is 4.79 Å². The average Bonchev–Trinajstić information content (AvgIpc) is 3.47. The maximum Gasteiger partial charge on any atom is 0.275 e. The molecule has 1 aliphatic rings. The number of carbonyl (C=O) groups is 1. The number of nitrogens with zero attached hydrogens (tertiary/aromatic N) is 4. The fourth-order valence-electron chi connectivity index (χ4n) is 4.04. The molecule has 1 aliphatic heterocycles. The van der Waals surface area contributed by atoms with Crippen LogP contribution in [0.15, 0.2) is 60.1 Å². The Morgan fingerprint density at radius 3 is 2.71 bits per heavy atom. The Labute approximate surface area is 184 Å². The highest BCUT2D eigenvalue weighted by Crippen LogP contribution is 2.29. The molecule has 31 heavy (non-hydrogen) atoms. The van der Waals surface area contributed by atoms with Crippen LogP contribution in [0.5, 0.6) is 0 Å². The lowest BCUT2D eigenvalue weighted by Crippen LogP contribution is -2.41. The van der Waals surface area contributed by atoms with Crippen molar-refractivity contribution in [1.82, 2.24) is 20.1 Å². The van der Waals surface area contributed by atoms with Crippen LogP contribution in [0, 0.1) is 0 Å². The van der Waals surface area contributed by atoms with Crippen LogP contribution in [0.2, 0.25) is 0 Å². The molecule has 0 spiro atoms. The Morgan fingerprint density at radius 2 is 1.87 bits per heavy atom. The zero-order chi connectivity index (χ0) is 21.2. The third kappa shape index (κ3) is 3.92. The van der Waals surface area contributed by atoms with Gasteiger partial charge in [0, 0.05) is 29.9 Å². The number of anilines is 2. The minimum absolute atomic E-state index is 0.212. The predicted octanol–water partition coefficient (Wildman–Crippen LogP) is 3.92. The topological polar surface area (TPSA) is 75.1 Å². The second kappa shape index (κ2) is 8.49. The number of fused-ring (bicyclic) bond motifs is 1. The molecule has 3 heterocycles. The number of amides is 1. The van der Waals surface area contributed by atoms with Crippen LogP contribution in [0.1, 0.15) is 23.3 Å². The van der Waals surface area contributed by atoms with Crippen molar-refractivity contribution in [2.45, 2.75) is 18.9 Å². The molecule has 0 bridgehead atoms. The lowest BCUT2D eigenvalue weighted by atomic mass is 10.0. The molecule has 0 atom stereocenters.